The summed E-state index contributed by atoms with van der Waals surface area (Å²) in [5.41, 5.74) is 5.37. The van der Waals surface area contributed by atoms with Gasteiger partial charge in [-0.1, -0.05) is 21.0 Å². The van der Waals surface area contributed by atoms with Gasteiger partial charge in [0.15, 0.2) is 5.75 Å². The topological polar surface area (TPSA) is 86.2 Å². The van der Waals surface area contributed by atoms with E-state index in [4.69, 9.17) is 10.2 Å². The first kappa shape index (κ1) is 15.6. The van der Waals surface area contributed by atoms with Gasteiger partial charge < -0.3 is 20.2 Å². The molecular weight excluding hydrogens is 357 g/mol. The van der Waals surface area contributed by atoms with Gasteiger partial charge >= 0.3 is 12.4 Å². The van der Waals surface area contributed by atoms with Crippen LogP contribution in [-0.2, 0) is 6.42 Å². The van der Waals surface area contributed by atoms with Crippen LogP contribution in [0, 0.1) is 0 Å². The number of halogens is 4. The van der Waals surface area contributed by atoms with Gasteiger partial charge in [-0.2, -0.15) is 0 Å². The molecule has 0 radical (unpaired) electrons. The SMILES string of the molecule is NCCc1nnc(Nc2ccc(Br)cc2OC(F)(F)F)o1. The smallest absolute Gasteiger partial charge is 0.408 e. The number of nitrogens with one attached hydrogen (secondary N) is 1. The Balaban J connectivity index is 2.21. The first-order chi connectivity index (χ1) is 9.87. The van der Waals surface area contributed by atoms with Crippen molar-refractivity contribution in [2.45, 2.75) is 12.8 Å². The van der Waals surface area contributed by atoms with Crippen molar-refractivity contribution in [1.29, 1.82) is 0 Å². The van der Waals surface area contributed by atoms with E-state index in [1.807, 2.05) is 0 Å². The van der Waals surface area contributed by atoms with Crippen molar-refractivity contribution in [2.75, 3.05) is 11.9 Å². The van der Waals surface area contributed by atoms with Gasteiger partial charge in [0.2, 0.25) is 5.89 Å². The van der Waals surface area contributed by atoms with Gasteiger partial charge in [0.1, 0.15) is 0 Å². The number of benzene rings is 1. The van der Waals surface area contributed by atoms with E-state index in [-0.39, 0.29) is 17.6 Å². The second-order valence-electron chi connectivity index (χ2n) is 3.85. The minimum Gasteiger partial charge on any atom is -0.408 e. The number of alkyl halides is 3. The molecule has 0 amide bonds. The van der Waals surface area contributed by atoms with Crippen LogP contribution >= 0.6 is 15.9 Å². The maximum Gasteiger partial charge on any atom is 0.573 e. The minimum absolute atomic E-state index is 0.0403. The molecule has 0 saturated carbocycles. The van der Waals surface area contributed by atoms with Crippen molar-refractivity contribution < 1.29 is 22.3 Å². The lowest BCUT2D eigenvalue weighted by molar-refractivity contribution is -0.274. The summed E-state index contributed by atoms with van der Waals surface area (Å²) >= 11 is 3.07. The molecule has 114 valence electrons. The third kappa shape index (κ3) is 4.60. The molecular formula is C11H10BrF3N4O2. The number of ether oxygens (including phenoxy) is 1. The largest absolute Gasteiger partial charge is 0.573 e. The molecule has 10 heteroatoms. The van der Waals surface area contributed by atoms with Crippen LogP contribution in [0.1, 0.15) is 5.89 Å². The van der Waals surface area contributed by atoms with Gasteiger partial charge in [-0.25, -0.2) is 0 Å². The fraction of sp³-hybridized carbons (Fsp3) is 0.273. The molecule has 0 unspecified atom stereocenters. The lowest BCUT2D eigenvalue weighted by atomic mass is 10.3. The Bertz CT molecular complexity index is 618. The Morgan fingerprint density at radius 1 is 1.33 bits per heavy atom. The predicted octanol–water partition coefficient (Wildman–Crippen LogP) is 2.98. The number of hydrogen-bond donors (Lipinski definition) is 2. The molecule has 0 spiro atoms. The van der Waals surface area contributed by atoms with Gasteiger partial charge in [0, 0.05) is 17.4 Å². The van der Waals surface area contributed by atoms with Gasteiger partial charge in [0.25, 0.3) is 0 Å². The normalized spacial score (nSPS) is 11.5. The average Bonchev–Trinajstić information content (AvgIpc) is 2.79. The van der Waals surface area contributed by atoms with E-state index in [1.54, 1.807) is 6.07 Å². The molecule has 2 aromatic rings. The maximum absolute atomic E-state index is 12.4. The highest BCUT2D eigenvalue weighted by Crippen LogP contribution is 2.34. The van der Waals surface area contributed by atoms with Crippen LogP contribution in [0.2, 0.25) is 0 Å². The molecule has 0 aliphatic heterocycles. The lowest BCUT2D eigenvalue weighted by Gasteiger charge is -2.13. The van der Waals surface area contributed by atoms with E-state index < -0.39 is 12.1 Å². The quantitative estimate of drug-likeness (QED) is 0.845. The summed E-state index contributed by atoms with van der Waals surface area (Å²) in [6.45, 7) is 0.322. The molecule has 0 bridgehead atoms. The molecule has 0 fully saturated rings. The first-order valence-corrected chi connectivity index (χ1v) is 6.51. The zero-order valence-electron chi connectivity index (χ0n) is 10.4. The number of nitrogens with two attached hydrogens (primary N) is 1. The summed E-state index contributed by atoms with van der Waals surface area (Å²) in [7, 11) is 0. The zero-order chi connectivity index (χ0) is 15.5. The Labute approximate surface area is 125 Å². The summed E-state index contributed by atoms with van der Waals surface area (Å²) < 4.78 is 46.6. The maximum atomic E-state index is 12.4. The van der Waals surface area contributed by atoms with E-state index in [0.29, 0.717) is 17.4 Å². The fourth-order valence-corrected chi connectivity index (χ4v) is 1.79. The second kappa shape index (κ2) is 6.31. The van der Waals surface area contributed by atoms with Crippen LogP contribution in [0.4, 0.5) is 24.9 Å². The molecule has 2 rings (SSSR count). The molecule has 1 aromatic carbocycles. The standard InChI is InChI=1S/C11H10BrF3N4O2/c12-6-1-2-7(8(5-6)21-11(13,14)15)17-10-19-18-9(20-10)3-4-16/h1-2,5H,3-4,16H2,(H,17,19). The number of aromatic nitrogens is 2. The number of hydrogen-bond acceptors (Lipinski definition) is 6. The van der Waals surface area contributed by atoms with Crippen LogP contribution in [0.25, 0.3) is 0 Å². The summed E-state index contributed by atoms with van der Waals surface area (Å²) in [6, 6.07) is 4.06. The van der Waals surface area contributed by atoms with Gasteiger partial charge in [0.05, 0.1) is 5.69 Å². The summed E-state index contributed by atoms with van der Waals surface area (Å²) in [4.78, 5) is 0. The van der Waals surface area contributed by atoms with E-state index in [0.717, 1.165) is 0 Å². The molecule has 6 nitrogen and oxygen atoms in total. The Hall–Kier alpha value is -1.81. The van der Waals surface area contributed by atoms with Crippen LogP contribution in [0.15, 0.2) is 27.1 Å². The highest BCUT2D eigenvalue weighted by molar-refractivity contribution is 9.10. The van der Waals surface area contributed by atoms with Crippen molar-refractivity contribution in [1.82, 2.24) is 10.2 Å². The third-order valence-electron chi connectivity index (χ3n) is 2.24. The van der Waals surface area contributed by atoms with Gasteiger partial charge in [-0.05, 0) is 18.2 Å². The van der Waals surface area contributed by atoms with Gasteiger partial charge in [-0.15, -0.1) is 18.3 Å². The van der Waals surface area contributed by atoms with E-state index >= 15 is 0 Å². The van der Waals surface area contributed by atoms with Crippen molar-refractivity contribution in [3.8, 4) is 5.75 Å². The molecule has 0 saturated heterocycles. The Kier molecular flexibility index (Phi) is 4.68. The van der Waals surface area contributed by atoms with Crippen LogP contribution < -0.4 is 15.8 Å². The van der Waals surface area contributed by atoms with Crippen LogP contribution in [-0.4, -0.2) is 23.1 Å². The van der Waals surface area contributed by atoms with Crippen LogP contribution in [0.5, 0.6) is 5.75 Å². The summed E-state index contributed by atoms with van der Waals surface area (Å²) in [6.07, 6.45) is -4.43. The second-order valence-corrected chi connectivity index (χ2v) is 4.77. The van der Waals surface area contributed by atoms with E-state index in [9.17, 15) is 13.2 Å². The summed E-state index contributed by atoms with van der Waals surface area (Å²) in [5.74, 6) is -0.133. The Morgan fingerprint density at radius 3 is 2.76 bits per heavy atom. The molecule has 0 aliphatic carbocycles. The first-order valence-electron chi connectivity index (χ1n) is 5.72. The molecule has 0 aliphatic rings. The van der Waals surface area contributed by atoms with Crippen molar-refractivity contribution in [3.05, 3.63) is 28.6 Å². The fourth-order valence-electron chi connectivity index (χ4n) is 1.45. The zero-order valence-corrected chi connectivity index (χ0v) is 12.0. The number of anilines is 2. The van der Waals surface area contributed by atoms with Crippen molar-refractivity contribution in [2.24, 2.45) is 5.73 Å². The lowest BCUT2D eigenvalue weighted by Crippen LogP contribution is -2.18. The monoisotopic (exact) mass is 366 g/mol. The Morgan fingerprint density at radius 2 is 2.10 bits per heavy atom. The van der Waals surface area contributed by atoms with E-state index in [2.05, 4.69) is 36.2 Å². The third-order valence-corrected chi connectivity index (χ3v) is 2.73. The molecule has 1 aromatic heterocycles. The number of rotatable bonds is 5. The van der Waals surface area contributed by atoms with E-state index in [1.165, 1.54) is 12.1 Å². The number of nitrogens with zero attached hydrogens (tertiary/aromatic N) is 2. The molecule has 1 heterocycles. The molecule has 21 heavy (non-hydrogen) atoms. The highest BCUT2D eigenvalue weighted by Gasteiger charge is 2.32. The minimum atomic E-state index is -4.81. The van der Waals surface area contributed by atoms with Crippen molar-refractivity contribution >= 4 is 27.6 Å². The summed E-state index contributed by atoms with van der Waals surface area (Å²) in [5, 5.41) is 9.92. The molecule has 3 N–H and O–H groups in total. The predicted molar refractivity (Wildman–Crippen MR) is 71.2 cm³/mol. The average molecular weight is 367 g/mol. The van der Waals surface area contributed by atoms with Gasteiger partial charge in [-0.3, -0.25) is 0 Å². The van der Waals surface area contributed by atoms with Crippen molar-refractivity contribution in [3.63, 3.8) is 0 Å². The van der Waals surface area contributed by atoms with Crippen LogP contribution in [0.3, 0.4) is 0 Å². The highest BCUT2D eigenvalue weighted by atomic mass is 79.9. The molecule has 0 atom stereocenters.